The van der Waals surface area contributed by atoms with E-state index in [1.807, 2.05) is 0 Å². The van der Waals surface area contributed by atoms with Gasteiger partial charge < -0.3 is 10.6 Å². The van der Waals surface area contributed by atoms with Gasteiger partial charge in [0.05, 0.1) is 0 Å². The van der Waals surface area contributed by atoms with E-state index in [9.17, 15) is 4.79 Å². The maximum atomic E-state index is 12.0. The Balaban J connectivity index is 2.31. The first kappa shape index (κ1) is 15.5. The highest BCUT2D eigenvalue weighted by Crippen LogP contribution is 2.20. The first-order chi connectivity index (χ1) is 8.65. The average Bonchev–Trinajstić information content (AvgIpc) is 2.44. The van der Waals surface area contributed by atoms with E-state index >= 15 is 0 Å². The summed E-state index contributed by atoms with van der Waals surface area (Å²) in [4.78, 5) is 12.0. The molecule has 0 bridgehead atoms. The van der Waals surface area contributed by atoms with Crippen LogP contribution >= 0.6 is 0 Å². The molecule has 0 saturated carbocycles. The Labute approximate surface area is 112 Å². The van der Waals surface area contributed by atoms with E-state index in [0.29, 0.717) is 12.5 Å². The van der Waals surface area contributed by atoms with Gasteiger partial charge in [-0.05, 0) is 45.1 Å². The molecule has 1 aliphatic heterocycles. The molecule has 106 valence electrons. The third kappa shape index (κ3) is 4.60. The zero-order chi connectivity index (χ0) is 13.4. The van der Waals surface area contributed by atoms with Gasteiger partial charge in [-0.2, -0.15) is 0 Å². The summed E-state index contributed by atoms with van der Waals surface area (Å²) in [6, 6.07) is 0.559. The summed E-state index contributed by atoms with van der Waals surface area (Å²) in [7, 11) is 0. The van der Waals surface area contributed by atoms with Crippen LogP contribution in [0.3, 0.4) is 0 Å². The van der Waals surface area contributed by atoms with Crippen molar-refractivity contribution in [2.45, 2.75) is 83.7 Å². The largest absolute Gasteiger partial charge is 0.351 e. The van der Waals surface area contributed by atoms with Crippen LogP contribution in [0.25, 0.3) is 0 Å². The second kappa shape index (κ2) is 7.78. The van der Waals surface area contributed by atoms with Gasteiger partial charge in [0.2, 0.25) is 5.91 Å². The van der Waals surface area contributed by atoms with Crippen molar-refractivity contribution in [3.05, 3.63) is 0 Å². The molecular weight excluding hydrogens is 224 g/mol. The fourth-order valence-corrected chi connectivity index (χ4v) is 2.85. The molecule has 1 saturated heterocycles. The van der Waals surface area contributed by atoms with Gasteiger partial charge in [0.15, 0.2) is 0 Å². The minimum atomic E-state index is 0.0249. The monoisotopic (exact) mass is 254 g/mol. The van der Waals surface area contributed by atoms with Crippen molar-refractivity contribution in [1.82, 2.24) is 10.6 Å². The van der Waals surface area contributed by atoms with E-state index in [2.05, 4.69) is 31.4 Å². The molecule has 0 spiro atoms. The van der Waals surface area contributed by atoms with Crippen LogP contribution in [-0.4, -0.2) is 24.0 Å². The van der Waals surface area contributed by atoms with Crippen LogP contribution in [0.5, 0.6) is 0 Å². The molecule has 0 radical (unpaired) electrons. The Morgan fingerprint density at radius 1 is 1.22 bits per heavy atom. The molecule has 1 unspecified atom stereocenters. The summed E-state index contributed by atoms with van der Waals surface area (Å²) in [5.41, 5.74) is 0.0249. The van der Waals surface area contributed by atoms with Crippen molar-refractivity contribution in [2.24, 2.45) is 0 Å². The molecule has 0 aliphatic carbocycles. The highest BCUT2D eigenvalue weighted by Gasteiger charge is 2.25. The van der Waals surface area contributed by atoms with Crippen LogP contribution < -0.4 is 10.6 Å². The van der Waals surface area contributed by atoms with Crippen LogP contribution in [0.2, 0.25) is 0 Å². The number of nitrogens with one attached hydrogen (secondary N) is 2. The summed E-state index contributed by atoms with van der Waals surface area (Å²) < 4.78 is 0. The Morgan fingerprint density at radius 3 is 2.39 bits per heavy atom. The van der Waals surface area contributed by atoms with Crippen molar-refractivity contribution >= 4 is 5.91 Å². The zero-order valence-electron chi connectivity index (χ0n) is 12.3. The Hall–Kier alpha value is -0.570. The first-order valence-electron chi connectivity index (χ1n) is 7.70. The molecule has 2 N–H and O–H groups in total. The maximum absolute atomic E-state index is 12.0. The van der Waals surface area contributed by atoms with Crippen molar-refractivity contribution in [1.29, 1.82) is 0 Å². The fourth-order valence-electron chi connectivity index (χ4n) is 2.85. The minimum absolute atomic E-state index is 0.0249. The average molecular weight is 254 g/mol. The number of hydrogen-bond donors (Lipinski definition) is 2. The van der Waals surface area contributed by atoms with Crippen molar-refractivity contribution < 1.29 is 4.79 Å². The van der Waals surface area contributed by atoms with Crippen molar-refractivity contribution in [3.8, 4) is 0 Å². The lowest BCUT2D eigenvalue weighted by Gasteiger charge is -2.32. The molecule has 1 amide bonds. The molecule has 1 atom stereocenters. The number of hydrogen-bond acceptors (Lipinski definition) is 2. The molecule has 1 rings (SSSR count). The van der Waals surface area contributed by atoms with Crippen LogP contribution in [0, 0.1) is 0 Å². The van der Waals surface area contributed by atoms with E-state index in [4.69, 9.17) is 0 Å². The Kier molecular flexibility index (Phi) is 6.69. The molecule has 18 heavy (non-hydrogen) atoms. The number of carbonyl (C=O) groups is 1. The number of amides is 1. The third-order valence-electron chi connectivity index (χ3n) is 4.57. The molecule has 1 aliphatic rings. The second-order valence-corrected chi connectivity index (χ2v) is 5.57. The molecular formula is C15H30N2O. The fraction of sp³-hybridized carbons (Fsp3) is 0.933. The van der Waals surface area contributed by atoms with Gasteiger partial charge in [-0.25, -0.2) is 0 Å². The van der Waals surface area contributed by atoms with Gasteiger partial charge in [-0.1, -0.05) is 27.2 Å². The summed E-state index contributed by atoms with van der Waals surface area (Å²) in [5.74, 6) is 0.230. The Morgan fingerprint density at radius 2 is 1.89 bits per heavy atom. The summed E-state index contributed by atoms with van der Waals surface area (Å²) >= 11 is 0. The summed E-state index contributed by atoms with van der Waals surface area (Å²) in [6.45, 7) is 7.61. The van der Waals surface area contributed by atoms with Gasteiger partial charge in [-0.15, -0.1) is 0 Å². The zero-order valence-corrected chi connectivity index (χ0v) is 12.3. The summed E-state index contributed by atoms with van der Waals surface area (Å²) in [5, 5.41) is 6.75. The molecule has 0 aromatic rings. The molecule has 1 fully saturated rings. The summed E-state index contributed by atoms with van der Waals surface area (Å²) in [6.07, 6.45) is 8.54. The standard InChI is InChI=1S/C15H30N2O/c1-4-15(5-2,6-3)17-14(18)11-10-13-9-7-8-12-16-13/h13,16H,4-12H2,1-3H3,(H,17,18). The lowest BCUT2D eigenvalue weighted by atomic mass is 9.89. The molecule has 0 aromatic carbocycles. The number of piperidine rings is 1. The van der Waals surface area contributed by atoms with E-state index < -0.39 is 0 Å². The van der Waals surface area contributed by atoms with Crippen LogP contribution in [0.1, 0.15) is 72.1 Å². The van der Waals surface area contributed by atoms with E-state index in [-0.39, 0.29) is 11.4 Å². The first-order valence-corrected chi connectivity index (χ1v) is 7.70. The van der Waals surface area contributed by atoms with Crippen molar-refractivity contribution in [3.63, 3.8) is 0 Å². The van der Waals surface area contributed by atoms with Gasteiger partial charge in [0, 0.05) is 18.0 Å². The molecule has 3 nitrogen and oxygen atoms in total. The van der Waals surface area contributed by atoms with E-state index in [1.54, 1.807) is 0 Å². The molecule has 1 heterocycles. The smallest absolute Gasteiger partial charge is 0.220 e. The quantitative estimate of drug-likeness (QED) is 0.733. The third-order valence-corrected chi connectivity index (χ3v) is 4.57. The van der Waals surface area contributed by atoms with Crippen LogP contribution in [-0.2, 0) is 4.79 Å². The highest BCUT2D eigenvalue weighted by atomic mass is 16.1. The topological polar surface area (TPSA) is 41.1 Å². The molecule has 3 heteroatoms. The van der Waals surface area contributed by atoms with Gasteiger partial charge >= 0.3 is 0 Å². The highest BCUT2D eigenvalue weighted by molar-refractivity contribution is 5.76. The van der Waals surface area contributed by atoms with E-state index in [1.165, 1.54) is 19.3 Å². The lowest BCUT2D eigenvalue weighted by molar-refractivity contribution is -0.123. The number of rotatable bonds is 7. The molecule has 0 aromatic heterocycles. The van der Waals surface area contributed by atoms with Crippen LogP contribution in [0.4, 0.5) is 0 Å². The van der Waals surface area contributed by atoms with Crippen LogP contribution in [0.15, 0.2) is 0 Å². The minimum Gasteiger partial charge on any atom is -0.351 e. The van der Waals surface area contributed by atoms with Crippen molar-refractivity contribution in [2.75, 3.05) is 6.54 Å². The lowest BCUT2D eigenvalue weighted by Crippen LogP contribution is -2.47. The maximum Gasteiger partial charge on any atom is 0.220 e. The normalized spacial score (nSPS) is 20.7. The Bertz CT molecular complexity index is 235. The van der Waals surface area contributed by atoms with Gasteiger partial charge in [0.1, 0.15) is 0 Å². The van der Waals surface area contributed by atoms with Gasteiger partial charge in [-0.3, -0.25) is 4.79 Å². The van der Waals surface area contributed by atoms with E-state index in [0.717, 1.165) is 32.2 Å². The predicted octanol–water partition coefficient (Wildman–Crippen LogP) is 2.99. The second-order valence-electron chi connectivity index (χ2n) is 5.57. The SMILES string of the molecule is CCC(CC)(CC)NC(=O)CCC1CCCCN1. The van der Waals surface area contributed by atoms with Gasteiger partial charge in [0.25, 0.3) is 0 Å². The predicted molar refractivity (Wildman–Crippen MR) is 76.6 cm³/mol. The number of carbonyl (C=O) groups excluding carboxylic acids is 1.